The Labute approximate surface area is 115 Å². The van der Waals surface area contributed by atoms with E-state index in [2.05, 4.69) is 22.5 Å². The van der Waals surface area contributed by atoms with Crippen molar-refractivity contribution in [1.29, 1.82) is 0 Å². The lowest BCUT2D eigenvalue weighted by molar-refractivity contribution is -0.121. The van der Waals surface area contributed by atoms with Gasteiger partial charge in [0.05, 0.1) is 11.4 Å². The van der Waals surface area contributed by atoms with Gasteiger partial charge in [-0.3, -0.25) is 4.79 Å². The van der Waals surface area contributed by atoms with Crippen LogP contribution in [0.25, 0.3) is 0 Å². The number of aromatic nitrogens is 1. The predicted octanol–water partition coefficient (Wildman–Crippen LogP) is 2.08. The molecule has 0 aliphatic rings. The first-order valence-electron chi connectivity index (χ1n) is 6.87. The molecule has 1 aromatic heterocycles. The van der Waals surface area contributed by atoms with Crippen LogP contribution in [0.5, 0.6) is 0 Å². The van der Waals surface area contributed by atoms with Gasteiger partial charge in [0.2, 0.25) is 5.91 Å². The molecule has 4 N–H and O–H groups in total. The number of hydrogen-bond acceptors (Lipinski definition) is 4. The summed E-state index contributed by atoms with van der Waals surface area (Å²) in [5.74, 6) is 0.965. The normalized spacial score (nSPS) is 10.2. The molecule has 106 valence electrons. The average molecular weight is 264 g/mol. The van der Waals surface area contributed by atoms with E-state index in [1.165, 1.54) is 0 Å². The Morgan fingerprint density at radius 1 is 1.32 bits per heavy atom. The molecule has 1 amide bonds. The molecule has 19 heavy (non-hydrogen) atoms. The lowest BCUT2D eigenvalue weighted by atomic mass is 10.2. The van der Waals surface area contributed by atoms with Crippen molar-refractivity contribution in [2.24, 2.45) is 0 Å². The largest absolute Gasteiger partial charge is 0.397 e. The molecule has 0 aliphatic heterocycles. The molecule has 1 heterocycles. The van der Waals surface area contributed by atoms with Crippen LogP contribution >= 0.6 is 0 Å². The van der Waals surface area contributed by atoms with Crippen LogP contribution in [0, 0.1) is 6.92 Å². The molecule has 5 nitrogen and oxygen atoms in total. The second-order valence-corrected chi connectivity index (χ2v) is 4.60. The third kappa shape index (κ3) is 6.08. The maximum absolute atomic E-state index is 11.4. The van der Waals surface area contributed by atoms with E-state index in [9.17, 15) is 4.79 Å². The molecule has 0 unspecified atom stereocenters. The number of nitrogens with zero attached hydrogens (tertiary/aromatic N) is 1. The van der Waals surface area contributed by atoms with Crippen molar-refractivity contribution in [3.8, 4) is 0 Å². The highest BCUT2D eigenvalue weighted by molar-refractivity contribution is 5.75. The van der Waals surface area contributed by atoms with Crippen LogP contribution in [0.4, 0.5) is 11.5 Å². The molecule has 0 atom stereocenters. The Morgan fingerprint density at radius 2 is 2.11 bits per heavy atom. The first-order valence-corrected chi connectivity index (χ1v) is 6.87. The minimum atomic E-state index is 0.142. The van der Waals surface area contributed by atoms with Gasteiger partial charge < -0.3 is 16.4 Å². The van der Waals surface area contributed by atoms with E-state index >= 15 is 0 Å². The Morgan fingerprint density at radius 3 is 2.79 bits per heavy atom. The fourth-order valence-electron chi connectivity index (χ4n) is 1.63. The highest BCUT2D eigenvalue weighted by Gasteiger charge is 2.00. The van der Waals surface area contributed by atoms with Gasteiger partial charge in [-0.25, -0.2) is 4.98 Å². The predicted molar refractivity (Wildman–Crippen MR) is 79.0 cm³/mol. The molecule has 0 bridgehead atoms. The molecular weight excluding hydrogens is 240 g/mol. The summed E-state index contributed by atoms with van der Waals surface area (Å²) in [7, 11) is 0. The number of carbonyl (C=O) groups is 1. The van der Waals surface area contributed by atoms with E-state index in [0.29, 0.717) is 18.7 Å². The number of nitrogens with one attached hydrogen (secondary N) is 2. The van der Waals surface area contributed by atoms with Gasteiger partial charge in [-0.1, -0.05) is 13.3 Å². The van der Waals surface area contributed by atoms with Crippen LogP contribution in [-0.2, 0) is 4.79 Å². The summed E-state index contributed by atoms with van der Waals surface area (Å²) in [6, 6.07) is 3.71. The first-order chi connectivity index (χ1) is 9.13. The van der Waals surface area contributed by atoms with Gasteiger partial charge in [-0.2, -0.15) is 0 Å². The number of pyridine rings is 1. The van der Waals surface area contributed by atoms with Crippen molar-refractivity contribution in [3.05, 3.63) is 17.8 Å². The lowest BCUT2D eigenvalue weighted by Crippen LogP contribution is -2.25. The third-order valence-electron chi connectivity index (χ3n) is 2.87. The van der Waals surface area contributed by atoms with Crippen molar-refractivity contribution in [1.82, 2.24) is 10.3 Å². The van der Waals surface area contributed by atoms with E-state index < -0.39 is 0 Å². The van der Waals surface area contributed by atoms with Gasteiger partial charge in [-0.15, -0.1) is 0 Å². The summed E-state index contributed by atoms with van der Waals surface area (Å²) in [6.45, 7) is 5.45. The van der Waals surface area contributed by atoms with Crippen molar-refractivity contribution in [3.63, 3.8) is 0 Å². The molecule has 0 saturated heterocycles. The first kappa shape index (κ1) is 15.3. The number of nitrogen functional groups attached to an aromatic ring is 1. The Kier molecular flexibility index (Phi) is 6.71. The summed E-state index contributed by atoms with van der Waals surface area (Å²) >= 11 is 0. The molecule has 1 aromatic rings. The zero-order valence-electron chi connectivity index (χ0n) is 11.8. The Hall–Kier alpha value is -1.78. The minimum Gasteiger partial charge on any atom is -0.397 e. The lowest BCUT2D eigenvalue weighted by Gasteiger charge is -2.08. The molecule has 0 spiro atoms. The van der Waals surface area contributed by atoms with Crippen LogP contribution in [0.1, 0.15) is 38.3 Å². The molecule has 0 radical (unpaired) electrons. The summed E-state index contributed by atoms with van der Waals surface area (Å²) in [5.41, 5.74) is 7.23. The summed E-state index contributed by atoms with van der Waals surface area (Å²) in [5, 5.41) is 6.12. The van der Waals surface area contributed by atoms with Crippen LogP contribution in [0.3, 0.4) is 0 Å². The fraction of sp³-hybridized carbons (Fsp3) is 0.571. The SMILES string of the molecule is CCCCC(=O)NCCCNc1ccc(N)c(C)n1. The van der Waals surface area contributed by atoms with E-state index in [-0.39, 0.29) is 5.91 Å². The number of hydrogen-bond donors (Lipinski definition) is 3. The van der Waals surface area contributed by atoms with Gasteiger partial charge in [-0.05, 0) is 31.9 Å². The van der Waals surface area contributed by atoms with Crippen LogP contribution in [0.15, 0.2) is 12.1 Å². The van der Waals surface area contributed by atoms with Gasteiger partial charge in [0.25, 0.3) is 0 Å². The van der Waals surface area contributed by atoms with Gasteiger partial charge >= 0.3 is 0 Å². The highest BCUT2D eigenvalue weighted by atomic mass is 16.1. The Bertz CT molecular complexity index is 406. The number of amides is 1. The van der Waals surface area contributed by atoms with Gasteiger partial charge in [0, 0.05) is 19.5 Å². The molecule has 0 saturated carbocycles. The van der Waals surface area contributed by atoms with Gasteiger partial charge in [0.1, 0.15) is 5.82 Å². The fourth-order valence-corrected chi connectivity index (χ4v) is 1.63. The van der Waals surface area contributed by atoms with E-state index in [1.807, 2.05) is 19.1 Å². The maximum Gasteiger partial charge on any atom is 0.219 e. The molecule has 0 aromatic carbocycles. The Balaban J connectivity index is 2.13. The number of anilines is 2. The smallest absolute Gasteiger partial charge is 0.219 e. The van der Waals surface area contributed by atoms with Crippen LogP contribution in [0.2, 0.25) is 0 Å². The van der Waals surface area contributed by atoms with E-state index in [0.717, 1.165) is 37.3 Å². The van der Waals surface area contributed by atoms with E-state index in [4.69, 9.17) is 5.73 Å². The summed E-state index contributed by atoms with van der Waals surface area (Å²) in [4.78, 5) is 15.7. The van der Waals surface area contributed by atoms with Crippen molar-refractivity contribution in [2.75, 3.05) is 24.1 Å². The average Bonchev–Trinajstić information content (AvgIpc) is 2.40. The van der Waals surface area contributed by atoms with Crippen LogP contribution in [-0.4, -0.2) is 24.0 Å². The van der Waals surface area contributed by atoms with Gasteiger partial charge in [0.15, 0.2) is 0 Å². The molecule has 5 heteroatoms. The van der Waals surface area contributed by atoms with E-state index in [1.54, 1.807) is 0 Å². The quantitative estimate of drug-likeness (QED) is 0.628. The monoisotopic (exact) mass is 264 g/mol. The zero-order valence-corrected chi connectivity index (χ0v) is 11.8. The van der Waals surface area contributed by atoms with Crippen molar-refractivity contribution in [2.45, 2.75) is 39.5 Å². The highest BCUT2D eigenvalue weighted by Crippen LogP contribution is 2.11. The molecular formula is C14H24N4O. The molecule has 0 fully saturated rings. The number of unbranched alkanes of at least 4 members (excludes halogenated alkanes) is 1. The second-order valence-electron chi connectivity index (χ2n) is 4.60. The van der Waals surface area contributed by atoms with Crippen molar-refractivity contribution < 1.29 is 4.79 Å². The van der Waals surface area contributed by atoms with Crippen LogP contribution < -0.4 is 16.4 Å². The molecule has 0 aliphatic carbocycles. The zero-order chi connectivity index (χ0) is 14.1. The maximum atomic E-state index is 11.4. The number of aryl methyl sites for hydroxylation is 1. The minimum absolute atomic E-state index is 0.142. The summed E-state index contributed by atoms with van der Waals surface area (Å²) in [6.07, 6.45) is 3.52. The standard InChI is InChI=1S/C14H24N4O/c1-3-4-6-14(19)17-10-5-9-16-13-8-7-12(15)11(2)18-13/h7-8H,3-6,9-10,15H2,1-2H3,(H,16,18)(H,17,19). The van der Waals surface area contributed by atoms with Crippen molar-refractivity contribution >= 4 is 17.4 Å². The number of nitrogens with two attached hydrogens (primary N) is 1. The second kappa shape index (κ2) is 8.34. The molecule has 1 rings (SSSR count). The topological polar surface area (TPSA) is 80.0 Å². The summed E-state index contributed by atoms with van der Waals surface area (Å²) < 4.78 is 0. The third-order valence-corrected chi connectivity index (χ3v) is 2.87. The number of rotatable bonds is 8. The number of carbonyl (C=O) groups excluding carboxylic acids is 1.